The first kappa shape index (κ1) is 14.4. The monoisotopic (exact) mass is 262 g/mol. The Hall–Kier alpha value is -1.06. The van der Waals surface area contributed by atoms with Crippen molar-refractivity contribution >= 4 is 0 Å². The normalized spacial score (nSPS) is 18.2. The lowest BCUT2D eigenvalue weighted by molar-refractivity contribution is 0.191. The largest absolute Gasteiger partial charge is 0.492 e. The van der Waals surface area contributed by atoms with E-state index in [1.54, 1.807) is 0 Å². The summed E-state index contributed by atoms with van der Waals surface area (Å²) in [7, 11) is 0. The molecule has 1 N–H and O–H groups in total. The lowest BCUT2D eigenvalue weighted by Crippen LogP contribution is -2.44. The number of rotatable bonds is 6. The Morgan fingerprint density at radius 1 is 1.21 bits per heavy atom. The van der Waals surface area contributed by atoms with Gasteiger partial charge in [-0.05, 0) is 30.0 Å². The predicted octanol–water partition coefficient (Wildman–Crippen LogP) is 2.48. The van der Waals surface area contributed by atoms with Gasteiger partial charge in [-0.3, -0.25) is 4.90 Å². The molecule has 1 aromatic rings. The van der Waals surface area contributed by atoms with E-state index >= 15 is 0 Å². The van der Waals surface area contributed by atoms with E-state index in [0.717, 1.165) is 45.1 Å². The molecule has 0 saturated carbocycles. The van der Waals surface area contributed by atoms with Crippen LogP contribution in [0.3, 0.4) is 0 Å². The van der Waals surface area contributed by atoms with Gasteiger partial charge >= 0.3 is 0 Å². The zero-order chi connectivity index (χ0) is 13.5. The second-order valence-electron chi connectivity index (χ2n) is 5.32. The molecule has 1 saturated heterocycles. The number of nitrogens with zero attached hydrogens (tertiary/aromatic N) is 1. The highest BCUT2D eigenvalue weighted by Crippen LogP contribution is 2.21. The van der Waals surface area contributed by atoms with E-state index in [1.807, 2.05) is 0 Å². The quantitative estimate of drug-likeness (QED) is 0.852. The van der Waals surface area contributed by atoms with Crippen LogP contribution in [0.1, 0.15) is 31.7 Å². The minimum atomic E-state index is 0.634. The van der Waals surface area contributed by atoms with Crippen molar-refractivity contribution in [3.63, 3.8) is 0 Å². The maximum atomic E-state index is 5.82. The van der Waals surface area contributed by atoms with Gasteiger partial charge in [0, 0.05) is 32.7 Å². The zero-order valence-corrected chi connectivity index (χ0v) is 12.2. The van der Waals surface area contributed by atoms with Crippen molar-refractivity contribution in [2.24, 2.45) is 0 Å². The maximum absolute atomic E-state index is 5.82. The molecule has 1 fully saturated rings. The van der Waals surface area contributed by atoms with Crippen LogP contribution in [-0.2, 0) is 0 Å². The van der Waals surface area contributed by atoms with Crippen LogP contribution in [0.2, 0.25) is 0 Å². The molecule has 0 radical (unpaired) electrons. The SMILES string of the molecule is CCC(C)c1ccc(OCCN2CCNCC2)cc1. The molecule has 0 bridgehead atoms. The molecule has 0 spiro atoms. The zero-order valence-electron chi connectivity index (χ0n) is 12.2. The van der Waals surface area contributed by atoms with Gasteiger partial charge in [0.1, 0.15) is 12.4 Å². The fraction of sp³-hybridized carbons (Fsp3) is 0.625. The van der Waals surface area contributed by atoms with E-state index < -0.39 is 0 Å². The minimum Gasteiger partial charge on any atom is -0.492 e. The first-order chi connectivity index (χ1) is 9.29. The highest BCUT2D eigenvalue weighted by atomic mass is 16.5. The highest BCUT2D eigenvalue weighted by Gasteiger charge is 2.09. The topological polar surface area (TPSA) is 24.5 Å². The Balaban J connectivity index is 1.73. The standard InChI is InChI=1S/C16H26N2O/c1-3-14(2)15-4-6-16(7-5-15)19-13-12-18-10-8-17-9-11-18/h4-7,14,17H,3,8-13H2,1-2H3. The van der Waals surface area contributed by atoms with Gasteiger partial charge in [-0.15, -0.1) is 0 Å². The molecule has 0 amide bonds. The van der Waals surface area contributed by atoms with Gasteiger partial charge in [0.15, 0.2) is 0 Å². The Kier molecular flexibility index (Phi) is 5.67. The third kappa shape index (κ3) is 4.51. The molecule has 1 aromatic carbocycles. The molecule has 0 aromatic heterocycles. The van der Waals surface area contributed by atoms with E-state index in [-0.39, 0.29) is 0 Å². The summed E-state index contributed by atoms with van der Waals surface area (Å²) in [6.07, 6.45) is 1.18. The van der Waals surface area contributed by atoms with Crippen LogP contribution in [-0.4, -0.2) is 44.2 Å². The van der Waals surface area contributed by atoms with Crippen LogP contribution in [0.4, 0.5) is 0 Å². The van der Waals surface area contributed by atoms with Gasteiger partial charge in [0.25, 0.3) is 0 Å². The van der Waals surface area contributed by atoms with E-state index in [0.29, 0.717) is 5.92 Å². The van der Waals surface area contributed by atoms with Crippen molar-refractivity contribution in [3.8, 4) is 5.75 Å². The first-order valence-corrected chi connectivity index (χ1v) is 7.45. The molecule has 106 valence electrons. The molecular formula is C16H26N2O. The van der Waals surface area contributed by atoms with Gasteiger partial charge in [-0.1, -0.05) is 26.0 Å². The molecule has 0 aliphatic carbocycles. The molecule has 1 aliphatic rings. The molecule has 3 heteroatoms. The number of piperazine rings is 1. The van der Waals surface area contributed by atoms with Crippen LogP contribution in [0, 0.1) is 0 Å². The number of hydrogen-bond acceptors (Lipinski definition) is 3. The average molecular weight is 262 g/mol. The van der Waals surface area contributed by atoms with E-state index in [4.69, 9.17) is 4.74 Å². The van der Waals surface area contributed by atoms with Gasteiger partial charge < -0.3 is 10.1 Å². The predicted molar refractivity (Wildman–Crippen MR) is 80.0 cm³/mol. The Morgan fingerprint density at radius 2 is 1.89 bits per heavy atom. The van der Waals surface area contributed by atoms with E-state index in [1.165, 1.54) is 12.0 Å². The summed E-state index contributed by atoms with van der Waals surface area (Å²) in [5.41, 5.74) is 1.40. The van der Waals surface area contributed by atoms with Crippen molar-refractivity contribution in [3.05, 3.63) is 29.8 Å². The van der Waals surface area contributed by atoms with Crippen LogP contribution >= 0.6 is 0 Å². The minimum absolute atomic E-state index is 0.634. The molecule has 2 rings (SSSR count). The Morgan fingerprint density at radius 3 is 2.53 bits per heavy atom. The maximum Gasteiger partial charge on any atom is 0.119 e. The van der Waals surface area contributed by atoms with Crippen molar-refractivity contribution in [2.75, 3.05) is 39.3 Å². The summed E-state index contributed by atoms with van der Waals surface area (Å²) < 4.78 is 5.82. The molecule has 3 nitrogen and oxygen atoms in total. The van der Waals surface area contributed by atoms with Gasteiger partial charge in [0.05, 0.1) is 0 Å². The Bertz CT molecular complexity index is 358. The third-order valence-electron chi connectivity index (χ3n) is 3.95. The molecule has 19 heavy (non-hydrogen) atoms. The molecular weight excluding hydrogens is 236 g/mol. The number of ether oxygens (including phenoxy) is 1. The summed E-state index contributed by atoms with van der Waals surface area (Å²) in [6.45, 7) is 10.8. The fourth-order valence-electron chi connectivity index (χ4n) is 2.36. The molecule has 1 aliphatic heterocycles. The lowest BCUT2D eigenvalue weighted by Gasteiger charge is -2.26. The molecule has 1 atom stereocenters. The number of nitrogens with one attached hydrogen (secondary N) is 1. The Labute approximate surface area is 116 Å². The van der Waals surface area contributed by atoms with Crippen molar-refractivity contribution in [2.45, 2.75) is 26.2 Å². The fourth-order valence-corrected chi connectivity index (χ4v) is 2.36. The van der Waals surface area contributed by atoms with Crippen LogP contribution in [0.15, 0.2) is 24.3 Å². The average Bonchev–Trinajstić information content (AvgIpc) is 2.48. The summed E-state index contributed by atoms with van der Waals surface area (Å²) in [5.74, 6) is 1.62. The van der Waals surface area contributed by atoms with Crippen molar-refractivity contribution in [1.29, 1.82) is 0 Å². The van der Waals surface area contributed by atoms with Gasteiger partial charge in [-0.25, -0.2) is 0 Å². The first-order valence-electron chi connectivity index (χ1n) is 7.45. The van der Waals surface area contributed by atoms with Crippen LogP contribution in [0.5, 0.6) is 5.75 Å². The van der Waals surface area contributed by atoms with Crippen LogP contribution < -0.4 is 10.1 Å². The van der Waals surface area contributed by atoms with Crippen LogP contribution in [0.25, 0.3) is 0 Å². The second kappa shape index (κ2) is 7.51. The second-order valence-corrected chi connectivity index (χ2v) is 5.32. The number of benzene rings is 1. The van der Waals surface area contributed by atoms with Crippen molar-refractivity contribution in [1.82, 2.24) is 10.2 Å². The van der Waals surface area contributed by atoms with Gasteiger partial charge in [-0.2, -0.15) is 0 Å². The van der Waals surface area contributed by atoms with E-state index in [9.17, 15) is 0 Å². The summed E-state index contributed by atoms with van der Waals surface area (Å²) in [6, 6.07) is 8.57. The molecule has 1 heterocycles. The van der Waals surface area contributed by atoms with Gasteiger partial charge in [0.2, 0.25) is 0 Å². The number of hydrogen-bond donors (Lipinski definition) is 1. The highest BCUT2D eigenvalue weighted by molar-refractivity contribution is 5.29. The van der Waals surface area contributed by atoms with Crippen molar-refractivity contribution < 1.29 is 4.74 Å². The summed E-state index contributed by atoms with van der Waals surface area (Å²) in [4.78, 5) is 2.45. The third-order valence-corrected chi connectivity index (χ3v) is 3.95. The molecule has 1 unspecified atom stereocenters. The summed E-state index contributed by atoms with van der Waals surface area (Å²) >= 11 is 0. The summed E-state index contributed by atoms with van der Waals surface area (Å²) in [5, 5.41) is 3.36. The lowest BCUT2D eigenvalue weighted by atomic mass is 9.99. The smallest absolute Gasteiger partial charge is 0.119 e. The van der Waals surface area contributed by atoms with E-state index in [2.05, 4.69) is 48.3 Å².